The maximum atomic E-state index is 12.5. The molecular weight excluding hydrogens is 316 g/mol. The zero-order valence-electron chi connectivity index (χ0n) is 9.22. The summed E-state index contributed by atoms with van der Waals surface area (Å²) in [6.07, 6.45) is 1.50. The Labute approximate surface area is 115 Å². The van der Waals surface area contributed by atoms with Crippen molar-refractivity contribution >= 4 is 44.4 Å². The van der Waals surface area contributed by atoms with E-state index in [0.717, 1.165) is 20.5 Å². The van der Waals surface area contributed by atoms with Gasteiger partial charge in [0.2, 0.25) is 5.91 Å². The second kappa shape index (κ2) is 4.13. The number of primary amides is 1. The molecule has 18 heavy (non-hydrogen) atoms. The van der Waals surface area contributed by atoms with Crippen LogP contribution >= 0.6 is 15.9 Å². The first kappa shape index (κ1) is 11.8. The minimum absolute atomic E-state index is 0.458. The molecule has 0 bridgehead atoms. The van der Waals surface area contributed by atoms with Crippen LogP contribution in [0.25, 0.3) is 5.57 Å². The quantitative estimate of drug-likeness (QED) is 0.849. The molecule has 92 valence electrons. The maximum absolute atomic E-state index is 12.5. The molecule has 0 saturated heterocycles. The highest BCUT2D eigenvalue weighted by atomic mass is 79.9. The fraction of sp³-hybridized carbons (Fsp3) is 0.167. The summed E-state index contributed by atoms with van der Waals surface area (Å²) in [6, 6.07) is 5.62. The van der Waals surface area contributed by atoms with E-state index < -0.39 is 22.6 Å². The lowest BCUT2D eigenvalue weighted by molar-refractivity contribution is -0.118. The van der Waals surface area contributed by atoms with Gasteiger partial charge in [-0.2, -0.15) is 0 Å². The first-order valence-electron chi connectivity index (χ1n) is 5.33. The van der Waals surface area contributed by atoms with Crippen LogP contribution in [0.4, 0.5) is 0 Å². The Bertz CT molecular complexity index is 651. The standard InChI is InChI=1S/C12H9BrN2O2S/c13-6-1-2-7-8-4-15-5-9(12(14)16)11(8)18(17)10(7)3-6/h1-3,5,9H,4H2,(H2,14,16). The Kier molecular flexibility index (Phi) is 2.71. The number of carbonyl (C=O) groups is 1. The zero-order chi connectivity index (χ0) is 12.9. The summed E-state index contributed by atoms with van der Waals surface area (Å²) in [6.45, 7) is 0.458. The summed E-state index contributed by atoms with van der Waals surface area (Å²) in [7, 11) is -1.32. The molecule has 2 aliphatic rings. The Morgan fingerprint density at radius 3 is 3.00 bits per heavy atom. The van der Waals surface area contributed by atoms with E-state index >= 15 is 0 Å². The van der Waals surface area contributed by atoms with Crippen molar-refractivity contribution in [2.45, 2.75) is 4.90 Å². The van der Waals surface area contributed by atoms with Crippen LogP contribution in [0.2, 0.25) is 0 Å². The number of dihydropyridines is 1. The predicted octanol–water partition coefficient (Wildman–Crippen LogP) is 1.47. The average molecular weight is 325 g/mol. The second-order valence-electron chi connectivity index (χ2n) is 4.12. The van der Waals surface area contributed by atoms with Crippen molar-refractivity contribution < 1.29 is 9.00 Å². The van der Waals surface area contributed by atoms with Gasteiger partial charge in [0.05, 0.1) is 22.2 Å². The van der Waals surface area contributed by atoms with Crippen LogP contribution in [-0.2, 0) is 15.6 Å². The highest BCUT2D eigenvalue weighted by Crippen LogP contribution is 2.42. The minimum Gasteiger partial charge on any atom is -0.369 e. The number of hydrogen-bond donors (Lipinski definition) is 1. The third-order valence-corrected chi connectivity index (χ3v) is 5.19. The molecule has 2 unspecified atom stereocenters. The SMILES string of the molecule is NC(=O)C1C=NCC2=C1S(=O)c1cc(Br)ccc12. The average Bonchev–Trinajstić information content (AvgIpc) is 2.63. The second-order valence-corrected chi connectivity index (χ2v) is 6.45. The minimum atomic E-state index is -1.32. The summed E-state index contributed by atoms with van der Waals surface area (Å²) < 4.78 is 13.3. The molecule has 2 aliphatic heterocycles. The van der Waals surface area contributed by atoms with Gasteiger partial charge >= 0.3 is 0 Å². The summed E-state index contributed by atoms with van der Waals surface area (Å²) in [5.74, 6) is -1.16. The summed E-state index contributed by atoms with van der Waals surface area (Å²) in [4.78, 5) is 16.9. The van der Waals surface area contributed by atoms with Gasteiger partial charge in [0, 0.05) is 15.6 Å². The number of halogens is 1. The molecular formula is C12H9BrN2O2S. The van der Waals surface area contributed by atoms with Crippen LogP contribution in [0.1, 0.15) is 5.56 Å². The smallest absolute Gasteiger partial charge is 0.231 e. The monoisotopic (exact) mass is 324 g/mol. The number of carbonyl (C=O) groups excluding carboxylic acids is 1. The van der Waals surface area contributed by atoms with Gasteiger partial charge in [0.15, 0.2) is 0 Å². The normalized spacial score (nSPS) is 24.9. The fourth-order valence-corrected chi connectivity index (χ4v) is 4.43. The van der Waals surface area contributed by atoms with Crippen molar-refractivity contribution in [2.75, 3.05) is 6.54 Å². The number of rotatable bonds is 1. The lowest BCUT2D eigenvalue weighted by Crippen LogP contribution is -2.29. The van der Waals surface area contributed by atoms with E-state index in [2.05, 4.69) is 20.9 Å². The van der Waals surface area contributed by atoms with Gasteiger partial charge in [-0.25, -0.2) is 4.21 Å². The van der Waals surface area contributed by atoms with Gasteiger partial charge in [-0.15, -0.1) is 0 Å². The van der Waals surface area contributed by atoms with Gasteiger partial charge in [0.1, 0.15) is 5.92 Å². The molecule has 0 aliphatic carbocycles. The number of benzene rings is 1. The van der Waals surface area contributed by atoms with Crippen LogP contribution in [0.15, 0.2) is 37.5 Å². The van der Waals surface area contributed by atoms with E-state index in [9.17, 15) is 9.00 Å². The lowest BCUT2D eigenvalue weighted by atomic mass is 9.98. The molecule has 0 radical (unpaired) electrons. The van der Waals surface area contributed by atoms with Crippen LogP contribution in [0.5, 0.6) is 0 Å². The third-order valence-electron chi connectivity index (χ3n) is 3.06. The molecule has 0 spiro atoms. The molecule has 6 heteroatoms. The van der Waals surface area contributed by atoms with Gasteiger partial charge in [-0.05, 0) is 23.3 Å². The maximum Gasteiger partial charge on any atom is 0.231 e. The van der Waals surface area contributed by atoms with Crippen LogP contribution < -0.4 is 5.73 Å². The van der Waals surface area contributed by atoms with Crippen LogP contribution in [-0.4, -0.2) is 22.9 Å². The molecule has 1 aromatic rings. The highest BCUT2D eigenvalue weighted by Gasteiger charge is 2.36. The van der Waals surface area contributed by atoms with E-state index in [0.29, 0.717) is 11.4 Å². The van der Waals surface area contributed by atoms with Crippen molar-refractivity contribution in [1.29, 1.82) is 0 Å². The fourth-order valence-electron chi connectivity index (χ4n) is 2.25. The van der Waals surface area contributed by atoms with Crippen molar-refractivity contribution in [3.05, 3.63) is 33.1 Å². The van der Waals surface area contributed by atoms with E-state index in [1.54, 1.807) is 0 Å². The van der Waals surface area contributed by atoms with Gasteiger partial charge in [-0.1, -0.05) is 22.0 Å². The molecule has 0 saturated carbocycles. The van der Waals surface area contributed by atoms with E-state index in [4.69, 9.17) is 5.73 Å². The van der Waals surface area contributed by atoms with Crippen LogP contribution in [0.3, 0.4) is 0 Å². The largest absolute Gasteiger partial charge is 0.369 e. The molecule has 4 nitrogen and oxygen atoms in total. The van der Waals surface area contributed by atoms with Crippen molar-refractivity contribution in [1.82, 2.24) is 0 Å². The number of nitrogens with zero attached hydrogens (tertiary/aromatic N) is 1. The topological polar surface area (TPSA) is 72.5 Å². The molecule has 1 aromatic carbocycles. The number of nitrogens with two attached hydrogens (primary N) is 1. The first-order valence-corrected chi connectivity index (χ1v) is 7.28. The molecule has 0 fully saturated rings. The number of fused-ring (bicyclic) bond motifs is 2. The highest BCUT2D eigenvalue weighted by molar-refractivity contribution is 9.10. The zero-order valence-corrected chi connectivity index (χ0v) is 11.6. The Morgan fingerprint density at radius 1 is 1.50 bits per heavy atom. The number of hydrogen-bond acceptors (Lipinski definition) is 3. The molecule has 2 heterocycles. The summed E-state index contributed by atoms with van der Waals surface area (Å²) >= 11 is 3.36. The predicted molar refractivity (Wildman–Crippen MR) is 73.5 cm³/mol. The van der Waals surface area contributed by atoms with Crippen molar-refractivity contribution in [3.8, 4) is 0 Å². The van der Waals surface area contributed by atoms with E-state index in [-0.39, 0.29) is 0 Å². The van der Waals surface area contributed by atoms with E-state index in [1.165, 1.54) is 6.21 Å². The number of amides is 1. The van der Waals surface area contributed by atoms with Gasteiger partial charge in [-0.3, -0.25) is 9.79 Å². The first-order chi connectivity index (χ1) is 8.59. The summed E-state index contributed by atoms with van der Waals surface area (Å²) in [5, 5.41) is 0. The Hall–Kier alpha value is -1.27. The Balaban J connectivity index is 2.19. The van der Waals surface area contributed by atoms with Crippen molar-refractivity contribution in [2.24, 2.45) is 16.6 Å². The van der Waals surface area contributed by atoms with Gasteiger partial charge in [0.25, 0.3) is 0 Å². The third kappa shape index (κ3) is 1.59. The van der Waals surface area contributed by atoms with Crippen molar-refractivity contribution in [3.63, 3.8) is 0 Å². The van der Waals surface area contributed by atoms with Crippen LogP contribution in [0, 0.1) is 5.92 Å². The Morgan fingerprint density at radius 2 is 2.28 bits per heavy atom. The number of aliphatic imine (C=N–C) groups is 1. The van der Waals surface area contributed by atoms with E-state index in [1.807, 2.05) is 18.2 Å². The molecule has 2 N–H and O–H groups in total. The lowest BCUT2D eigenvalue weighted by Gasteiger charge is -2.15. The molecule has 1 amide bonds. The molecule has 2 atom stereocenters. The molecule has 3 rings (SSSR count). The molecule has 0 aromatic heterocycles. The van der Waals surface area contributed by atoms with Gasteiger partial charge < -0.3 is 5.73 Å². The summed E-state index contributed by atoms with van der Waals surface area (Å²) in [5.41, 5.74) is 7.13.